The number of fused-ring (bicyclic) bond motifs is 10. The predicted molar refractivity (Wildman–Crippen MR) is 466 cm³/mol. The van der Waals surface area contributed by atoms with Gasteiger partial charge in [0.1, 0.15) is 56.3 Å². The van der Waals surface area contributed by atoms with Crippen LogP contribution in [-0.2, 0) is 67.0 Å². The molecule has 5 aromatic rings. The monoisotopic (exact) mass is 1850 g/mol. The van der Waals surface area contributed by atoms with Gasteiger partial charge in [-0.3, -0.25) is 72.4 Å². The highest BCUT2D eigenvalue weighted by molar-refractivity contribution is 7.90. The average Bonchev–Trinajstić information content (AvgIpc) is 1.58. The molecule has 36 heteroatoms. The number of nitrogens with zero attached hydrogens (tertiary/aromatic N) is 5. The summed E-state index contributed by atoms with van der Waals surface area (Å²) in [5.74, 6) is -7.07. The molecule has 0 unspecified atom stereocenters. The molecule has 0 radical (unpaired) electrons. The van der Waals surface area contributed by atoms with E-state index in [4.69, 9.17) is 58.2 Å². The number of aliphatic hydroxyl groups excluding tert-OH is 4. The van der Waals surface area contributed by atoms with Crippen LogP contribution in [0.4, 0.5) is 0 Å². The van der Waals surface area contributed by atoms with Crippen LogP contribution >= 0.6 is 0 Å². The van der Waals surface area contributed by atoms with Gasteiger partial charge in [-0.25, -0.2) is 16.8 Å². The molecule has 10 amide bonds. The van der Waals surface area contributed by atoms with Crippen molar-refractivity contribution in [2.24, 2.45) is 41.2 Å². The normalized spacial score (nSPS) is 35.0. The number of hydrogen-bond acceptors (Lipinski definition) is 29. The van der Waals surface area contributed by atoms with E-state index in [1.807, 2.05) is 41.5 Å². The number of hydrogen-bond donors (Lipinski definition) is 5. The van der Waals surface area contributed by atoms with Gasteiger partial charge in [0.05, 0.1) is 134 Å². The second-order valence-electron chi connectivity index (χ2n) is 39.3. The highest BCUT2D eigenvalue weighted by Crippen LogP contribution is 2.52. The first-order valence-electron chi connectivity index (χ1n) is 44.9. The van der Waals surface area contributed by atoms with Gasteiger partial charge in [-0.15, -0.1) is 0 Å². The number of sulfone groups is 2. The Morgan fingerprint density at radius 3 is 0.718 bits per heavy atom. The number of rotatable bonds is 13. The van der Waals surface area contributed by atoms with Gasteiger partial charge in [0.2, 0.25) is 0 Å². The maximum Gasteiger partial charge on any atom is 0.261 e. The van der Waals surface area contributed by atoms with Gasteiger partial charge in [0.15, 0.2) is 28.9 Å². The van der Waals surface area contributed by atoms with Gasteiger partial charge in [0.25, 0.3) is 59.1 Å². The van der Waals surface area contributed by atoms with E-state index in [-0.39, 0.29) is 157 Å². The largest absolute Gasteiger partial charge is 0.396 e. The first kappa shape index (κ1) is 95.3. The average molecular weight is 1850 g/mol. The third-order valence-electron chi connectivity index (χ3n) is 27.9. The maximum atomic E-state index is 12.8. The smallest absolute Gasteiger partial charge is 0.261 e. The van der Waals surface area contributed by atoms with Crippen molar-refractivity contribution in [1.82, 2.24) is 24.5 Å². The molecule has 0 aromatic heterocycles. The molecule has 11 fully saturated rings. The molecule has 5 saturated heterocycles. The van der Waals surface area contributed by atoms with Crippen LogP contribution in [0.25, 0.3) is 0 Å². The minimum atomic E-state index is -3.24. The summed E-state index contributed by atoms with van der Waals surface area (Å²) in [6.45, 7) is 22.2. The highest BCUT2D eigenvalue weighted by Gasteiger charge is 2.64. The van der Waals surface area contributed by atoms with Crippen LogP contribution in [-0.4, -0.2) is 296 Å². The van der Waals surface area contributed by atoms with Crippen molar-refractivity contribution in [3.8, 4) is 0 Å². The molecule has 5 aromatic carbocycles. The first-order chi connectivity index (χ1) is 61.6. The molecule has 10 heterocycles. The summed E-state index contributed by atoms with van der Waals surface area (Å²) in [5.41, 5.74) is 10.2. The van der Waals surface area contributed by atoms with E-state index in [2.05, 4.69) is 13.8 Å². The molecule has 24 atom stereocenters. The van der Waals surface area contributed by atoms with E-state index in [0.717, 1.165) is 30.6 Å². The van der Waals surface area contributed by atoms with Crippen molar-refractivity contribution in [1.29, 1.82) is 0 Å². The van der Waals surface area contributed by atoms with Crippen molar-refractivity contribution in [2.45, 2.75) is 273 Å². The molecule has 131 heavy (non-hydrogen) atoms. The summed E-state index contributed by atoms with van der Waals surface area (Å²) in [5, 5.41) is 38.6. The molecule has 21 rings (SSSR count). The lowest BCUT2D eigenvalue weighted by molar-refractivity contribution is -0.162. The Labute approximate surface area is 760 Å². The van der Waals surface area contributed by atoms with Gasteiger partial charge >= 0.3 is 0 Å². The molecular formula is C95H116N6O28S2. The SMILES string of the molecule is CC1(C)O[C@@H]2[C@@H](CO)C[C@@H](N3C(=O)c4ccccc4C3=O)[C@@H]2O1.CC1(C)O[C@@H]2[C@@H](CS(C)(=O)=O)C[C@@H](N)[C@@H]2O1.CC1(C)O[C@@H]2[C@@H](CS(C)(=O)=O)C[C@@H](N3C(=O)c4ccccc4C3=O)[C@@H]2O1.CC[C@H]1C[C@@H](N2C(=O)c3ccccc3C2=O)[C@@H]2OC(C)(C)O[C@H]12.CC[C@H]1C[C@@H](N2C(=O)c3ccccc3C2=O)[C@@H]2OC(C)(C)O[C@H]12.O=C1c2ccccc2C(=O)N1[C@@H]1C[C@H](CO)[C@@H](O)[C@H]1O. The molecule has 6 aliphatic carbocycles. The number of carbonyl (C=O) groups is 10. The van der Waals surface area contributed by atoms with E-state index in [9.17, 15) is 80.1 Å². The number of ether oxygens (including phenoxy) is 10. The number of nitrogens with two attached hydrogens (primary N) is 1. The summed E-state index contributed by atoms with van der Waals surface area (Å²) in [6, 6.07) is 31.7. The van der Waals surface area contributed by atoms with Crippen molar-refractivity contribution in [3.63, 3.8) is 0 Å². The van der Waals surface area contributed by atoms with Crippen molar-refractivity contribution >= 4 is 78.7 Å². The Morgan fingerprint density at radius 1 is 0.290 bits per heavy atom. The molecule has 6 N–H and O–H groups in total. The fraction of sp³-hybridized carbons (Fsp3) is 0.579. The molecule has 6 saturated carbocycles. The fourth-order valence-electron chi connectivity index (χ4n) is 22.5. The van der Waals surface area contributed by atoms with E-state index in [0.29, 0.717) is 86.7 Å². The van der Waals surface area contributed by atoms with Gasteiger partial charge in [-0.2, -0.15) is 0 Å². The lowest BCUT2D eigenvalue weighted by atomic mass is 10.0. The Balaban J connectivity index is 0.000000115. The summed E-state index contributed by atoms with van der Waals surface area (Å²) < 4.78 is 106. The molecule has 10 aliphatic heterocycles. The fourth-order valence-corrected chi connectivity index (χ4v) is 24.7. The lowest BCUT2D eigenvalue weighted by Gasteiger charge is -2.28. The van der Waals surface area contributed by atoms with Crippen LogP contribution in [0.1, 0.15) is 238 Å². The Bertz CT molecular complexity index is 5170. The van der Waals surface area contributed by atoms with Gasteiger partial charge in [-0.1, -0.05) is 87.4 Å². The maximum absolute atomic E-state index is 12.8. The number of amides is 10. The van der Waals surface area contributed by atoms with E-state index in [1.54, 1.807) is 149 Å². The Kier molecular flexibility index (Phi) is 25.8. The number of benzene rings is 5. The van der Waals surface area contributed by atoms with Gasteiger partial charge in [-0.05, 0) is 180 Å². The molecule has 0 bridgehead atoms. The zero-order valence-corrected chi connectivity index (χ0v) is 77.2. The van der Waals surface area contributed by atoms with Crippen LogP contribution in [0.3, 0.4) is 0 Å². The summed E-state index contributed by atoms with van der Waals surface area (Å²) in [7, 11) is -6.23. The van der Waals surface area contributed by atoms with Crippen molar-refractivity contribution in [3.05, 3.63) is 177 Å². The zero-order chi connectivity index (χ0) is 94.5. The minimum Gasteiger partial charge on any atom is -0.396 e. The van der Waals surface area contributed by atoms with Crippen molar-refractivity contribution < 1.29 is 133 Å². The van der Waals surface area contributed by atoms with Crippen LogP contribution in [0, 0.1) is 35.5 Å². The second kappa shape index (κ2) is 35.4. The minimum absolute atomic E-state index is 0.0447. The van der Waals surface area contributed by atoms with E-state index in [1.165, 1.54) is 32.1 Å². The first-order valence-corrected chi connectivity index (χ1v) is 49.0. The van der Waals surface area contributed by atoms with Crippen LogP contribution in [0.5, 0.6) is 0 Å². The van der Waals surface area contributed by atoms with E-state index >= 15 is 0 Å². The summed E-state index contributed by atoms with van der Waals surface area (Å²) in [4.78, 5) is 133. The zero-order valence-electron chi connectivity index (χ0n) is 75.6. The number of aliphatic hydroxyl groups is 4. The van der Waals surface area contributed by atoms with Crippen LogP contribution in [0.2, 0.25) is 0 Å². The Morgan fingerprint density at radius 2 is 0.481 bits per heavy atom. The molecule has 0 spiro atoms. The number of imide groups is 5. The van der Waals surface area contributed by atoms with Gasteiger partial charge in [0, 0.05) is 55.4 Å². The summed E-state index contributed by atoms with van der Waals surface area (Å²) in [6.07, 6.45) is 2.52. The van der Waals surface area contributed by atoms with Crippen molar-refractivity contribution in [2.75, 3.05) is 37.2 Å². The number of carbonyl (C=O) groups excluding carboxylic acids is 10. The molecule has 16 aliphatic rings. The predicted octanol–water partition coefficient (Wildman–Crippen LogP) is 6.91. The van der Waals surface area contributed by atoms with Crippen LogP contribution < -0.4 is 5.73 Å². The molecule has 34 nitrogen and oxygen atoms in total. The lowest BCUT2D eigenvalue weighted by Crippen LogP contribution is -2.46. The van der Waals surface area contributed by atoms with Gasteiger partial charge < -0.3 is 73.5 Å². The highest BCUT2D eigenvalue weighted by atomic mass is 32.2. The molecular weight excluding hydrogens is 1740 g/mol. The topological polar surface area (TPSA) is 454 Å². The Hall–Kier alpha value is -8.90. The van der Waals surface area contributed by atoms with E-state index < -0.39 is 115 Å². The standard InChI is InChI=1S/C18H21NO6S.2C18H21NO4.C17H19NO5.C14H15NO5.C10H19NO4S/c1-18(2)24-14-10(9-26(3,22)23)8-13(15(14)25-18)19-16(20)11-6-4-5-7-12(11)17(19)21;2*1-4-10-9-13(15-14(10)22-18(2,3)23-15)19-16(20)11-7-5-6-8-12(11)17(19)21;1-17(2)22-13-9(8-19)7-12(14(13)23-17)18-15(20)10-5-3-4-6-11(10)16(18)21;16-6-7-5-10(12(18)11(7)17)15-13(19)8-3-1-2-4-9(8)14(15)20;1-10(2)14-8-6(5-16(3,12)13)4-7(11)9(8)15-10/h4-7,10,13-15H,8-9H2,1-3H3;2*5-8,10,13-15H,4,9H2,1-3H3;3-6,9,12-14,19H,7-8H2,1-2H3;1-4,7,10-12,16-18H,5-6H2;6-9H,4-5,11H2,1-3H3/t10-,13-,14-,15+;2*10-,13+,14+,15-;9-,12-,13-,14+;7-,10-,11-,12+;6-,7-,8-,9+/m100111/s1. The summed E-state index contributed by atoms with van der Waals surface area (Å²) >= 11 is 0. The quantitative estimate of drug-likeness (QED) is 0.0748. The third-order valence-corrected chi connectivity index (χ3v) is 30.0. The second-order valence-corrected chi connectivity index (χ2v) is 43.6. The third kappa shape index (κ3) is 17.9. The molecule has 706 valence electrons. The van der Waals surface area contributed by atoms with Crippen LogP contribution in [0.15, 0.2) is 121 Å².